The van der Waals surface area contributed by atoms with Gasteiger partial charge in [-0.05, 0) is 90.3 Å². The Kier molecular flexibility index (Phi) is 5.70. The monoisotopic (exact) mass is 636 g/mol. The maximum Gasteiger partial charge on any atom is 0.136 e. The summed E-state index contributed by atoms with van der Waals surface area (Å²) in [5, 5.41) is 13.0. The van der Waals surface area contributed by atoms with Crippen molar-refractivity contribution in [3.8, 4) is 33.6 Å². The molecule has 11 rings (SSSR count). The Morgan fingerprint density at radius 2 is 0.860 bits per heavy atom. The topological polar surface area (TPSA) is 26.3 Å². The number of furan rings is 2. The van der Waals surface area contributed by atoms with Crippen LogP contribution in [0.2, 0.25) is 0 Å². The molecule has 0 fully saturated rings. The second-order valence-electron chi connectivity index (χ2n) is 13.2. The Hall–Kier alpha value is -6.64. The Balaban J connectivity index is 1.26. The van der Waals surface area contributed by atoms with Crippen LogP contribution in [0.5, 0.6) is 0 Å². The summed E-state index contributed by atoms with van der Waals surface area (Å²) in [6, 6.07) is 60.8. The smallest absolute Gasteiger partial charge is 0.136 e. The van der Waals surface area contributed by atoms with E-state index in [4.69, 9.17) is 8.83 Å². The van der Waals surface area contributed by atoms with Crippen molar-refractivity contribution >= 4 is 76.0 Å². The molecule has 0 aliphatic carbocycles. The molecular formula is C48H28O2. The van der Waals surface area contributed by atoms with Gasteiger partial charge in [0.25, 0.3) is 0 Å². The predicted molar refractivity (Wildman–Crippen MR) is 210 cm³/mol. The molecule has 0 saturated heterocycles. The third kappa shape index (κ3) is 3.90. The van der Waals surface area contributed by atoms with Crippen LogP contribution in [0, 0.1) is 0 Å². The number of hydrogen-bond donors (Lipinski definition) is 0. The number of hydrogen-bond acceptors (Lipinski definition) is 2. The number of rotatable bonds is 3. The zero-order chi connectivity index (χ0) is 32.8. The zero-order valence-corrected chi connectivity index (χ0v) is 27.0. The first kappa shape index (κ1) is 27.3. The van der Waals surface area contributed by atoms with Gasteiger partial charge < -0.3 is 8.83 Å². The second-order valence-corrected chi connectivity index (χ2v) is 13.2. The highest BCUT2D eigenvalue weighted by Gasteiger charge is 2.22. The highest BCUT2D eigenvalue weighted by atomic mass is 16.3. The van der Waals surface area contributed by atoms with Crippen molar-refractivity contribution in [1.29, 1.82) is 0 Å². The summed E-state index contributed by atoms with van der Waals surface area (Å²) in [6.45, 7) is 0. The third-order valence-electron chi connectivity index (χ3n) is 10.4. The van der Waals surface area contributed by atoms with E-state index in [0.717, 1.165) is 44.2 Å². The number of fused-ring (bicyclic) bond motifs is 9. The Bertz CT molecular complexity index is 3080. The Morgan fingerprint density at radius 3 is 1.56 bits per heavy atom. The quantitative estimate of drug-likeness (QED) is 0.180. The van der Waals surface area contributed by atoms with Crippen LogP contribution in [-0.2, 0) is 0 Å². The predicted octanol–water partition coefficient (Wildman–Crippen LogP) is 13.9. The van der Waals surface area contributed by atoms with Crippen molar-refractivity contribution in [3.63, 3.8) is 0 Å². The van der Waals surface area contributed by atoms with Gasteiger partial charge in [0.1, 0.15) is 22.5 Å². The molecule has 0 N–H and O–H groups in total. The molecule has 0 saturated carbocycles. The van der Waals surface area contributed by atoms with Gasteiger partial charge in [-0.15, -0.1) is 0 Å². The lowest BCUT2D eigenvalue weighted by molar-refractivity contribution is 0.632. The van der Waals surface area contributed by atoms with Gasteiger partial charge in [-0.25, -0.2) is 0 Å². The fraction of sp³-hybridized carbons (Fsp3) is 0. The summed E-state index contributed by atoms with van der Waals surface area (Å²) >= 11 is 0. The van der Waals surface area contributed by atoms with Gasteiger partial charge in [-0.1, -0.05) is 140 Å². The van der Waals surface area contributed by atoms with Gasteiger partial charge in [0, 0.05) is 27.1 Å². The maximum absolute atomic E-state index is 6.55. The first-order valence-corrected chi connectivity index (χ1v) is 17.1. The van der Waals surface area contributed by atoms with Crippen LogP contribution in [-0.4, -0.2) is 0 Å². The van der Waals surface area contributed by atoms with E-state index in [0.29, 0.717) is 0 Å². The van der Waals surface area contributed by atoms with E-state index in [1.165, 1.54) is 65.3 Å². The lowest BCUT2D eigenvalue weighted by atomic mass is 9.83. The van der Waals surface area contributed by atoms with Crippen LogP contribution >= 0.6 is 0 Å². The molecule has 11 aromatic rings. The van der Waals surface area contributed by atoms with Crippen LogP contribution in [0.3, 0.4) is 0 Å². The summed E-state index contributed by atoms with van der Waals surface area (Å²) in [5.41, 5.74) is 8.60. The molecule has 232 valence electrons. The summed E-state index contributed by atoms with van der Waals surface area (Å²) in [5.74, 6) is 0.876. The molecule has 0 spiro atoms. The van der Waals surface area contributed by atoms with Gasteiger partial charge >= 0.3 is 0 Å². The van der Waals surface area contributed by atoms with Crippen LogP contribution < -0.4 is 0 Å². The fourth-order valence-electron chi connectivity index (χ4n) is 8.28. The highest BCUT2D eigenvalue weighted by molar-refractivity contribution is 6.28. The molecule has 0 radical (unpaired) electrons. The molecule has 0 bridgehead atoms. The molecule has 2 heteroatoms. The Labute approximate surface area is 287 Å². The highest BCUT2D eigenvalue weighted by Crippen LogP contribution is 2.49. The van der Waals surface area contributed by atoms with Crippen LogP contribution in [0.4, 0.5) is 0 Å². The van der Waals surface area contributed by atoms with Gasteiger partial charge in [0.2, 0.25) is 0 Å². The lowest BCUT2D eigenvalue weighted by Gasteiger charge is -2.19. The second kappa shape index (κ2) is 10.4. The molecule has 2 aromatic heterocycles. The van der Waals surface area contributed by atoms with E-state index in [1.807, 2.05) is 6.07 Å². The van der Waals surface area contributed by atoms with Crippen molar-refractivity contribution in [2.45, 2.75) is 0 Å². The van der Waals surface area contributed by atoms with Crippen molar-refractivity contribution < 1.29 is 8.83 Å². The van der Waals surface area contributed by atoms with Gasteiger partial charge in [0.15, 0.2) is 0 Å². The first-order chi connectivity index (χ1) is 24.8. The molecule has 0 aliphatic rings. The minimum absolute atomic E-state index is 0.876. The molecule has 2 heterocycles. The zero-order valence-electron chi connectivity index (χ0n) is 27.0. The average molecular weight is 637 g/mol. The van der Waals surface area contributed by atoms with Gasteiger partial charge in [0.05, 0.1) is 0 Å². The SMILES string of the molecule is c1ccc(-c2cc3c(ccc4cccc(-c5c6ccccc6c(-c6cccc7oc8cc9ccccc9cc8c67)c6ccccc56)c43)o2)cc1. The molecule has 0 atom stereocenters. The minimum atomic E-state index is 0.876. The van der Waals surface area contributed by atoms with E-state index in [1.54, 1.807) is 0 Å². The van der Waals surface area contributed by atoms with Crippen LogP contribution in [0.25, 0.3) is 110 Å². The van der Waals surface area contributed by atoms with E-state index in [-0.39, 0.29) is 0 Å². The molecule has 0 aliphatic heterocycles. The van der Waals surface area contributed by atoms with Crippen molar-refractivity contribution in [1.82, 2.24) is 0 Å². The van der Waals surface area contributed by atoms with Crippen LogP contribution in [0.1, 0.15) is 0 Å². The van der Waals surface area contributed by atoms with E-state index in [2.05, 4.69) is 164 Å². The molecule has 9 aromatic carbocycles. The van der Waals surface area contributed by atoms with E-state index >= 15 is 0 Å². The largest absolute Gasteiger partial charge is 0.456 e. The summed E-state index contributed by atoms with van der Waals surface area (Å²) in [4.78, 5) is 0. The Morgan fingerprint density at radius 1 is 0.300 bits per heavy atom. The molecular weight excluding hydrogens is 609 g/mol. The van der Waals surface area contributed by atoms with Crippen molar-refractivity contribution in [3.05, 3.63) is 170 Å². The van der Waals surface area contributed by atoms with Crippen molar-refractivity contribution in [2.24, 2.45) is 0 Å². The van der Waals surface area contributed by atoms with Gasteiger partial charge in [-0.3, -0.25) is 0 Å². The van der Waals surface area contributed by atoms with Gasteiger partial charge in [-0.2, -0.15) is 0 Å². The van der Waals surface area contributed by atoms with Crippen molar-refractivity contribution in [2.75, 3.05) is 0 Å². The molecule has 0 amide bonds. The lowest BCUT2D eigenvalue weighted by Crippen LogP contribution is -1.92. The average Bonchev–Trinajstić information content (AvgIpc) is 3.78. The normalized spacial score (nSPS) is 12.0. The first-order valence-electron chi connectivity index (χ1n) is 17.1. The molecule has 0 unspecified atom stereocenters. The summed E-state index contributed by atoms with van der Waals surface area (Å²) in [7, 11) is 0. The van der Waals surface area contributed by atoms with E-state index < -0.39 is 0 Å². The maximum atomic E-state index is 6.55. The molecule has 50 heavy (non-hydrogen) atoms. The number of benzene rings is 9. The summed E-state index contributed by atoms with van der Waals surface area (Å²) < 4.78 is 13.0. The standard InChI is InChI=1S/C48H28O2/c1-2-12-29(13-3-1)43-28-40-41(49-43)25-24-30-16-10-21-37(45(30)40)46-33-17-6-8-19-35(33)47(36-20-9-7-18-34(36)46)38-22-11-23-42-48(38)39-26-31-14-4-5-15-32(31)27-44(39)50-42/h1-28H. The van der Waals surface area contributed by atoms with Crippen LogP contribution in [0.15, 0.2) is 179 Å². The fourth-order valence-corrected chi connectivity index (χ4v) is 8.28. The van der Waals surface area contributed by atoms with E-state index in [9.17, 15) is 0 Å². The third-order valence-corrected chi connectivity index (χ3v) is 10.4. The molecule has 2 nitrogen and oxygen atoms in total. The summed E-state index contributed by atoms with van der Waals surface area (Å²) in [6.07, 6.45) is 0. The minimum Gasteiger partial charge on any atom is -0.456 e.